The molecule has 0 saturated carbocycles. The molecule has 6 rings (SSSR count). The van der Waals surface area contributed by atoms with E-state index < -0.39 is 0 Å². The number of nitrogens with zero attached hydrogens (tertiary/aromatic N) is 1. The van der Waals surface area contributed by atoms with Gasteiger partial charge in [-0.05, 0) is 47.5 Å². The molecular weight excluding hydrogens is 501 g/mol. The van der Waals surface area contributed by atoms with E-state index in [2.05, 4.69) is 29.0 Å². The van der Waals surface area contributed by atoms with E-state index in [-0.39, 0.29) is 29.6 Å². The zero-order valence-corrected chi connectivity index (χ0v) is 20.4. The van der Waals surface area contributed by atoms with Gasteiger partial charge in [-0.15, -0.1) is 0 Å². The van der Waals surface area contributed by atoms with Crippen molar-refractivity contribution in [3.05, 3.63) is 77.2 Å². The number of aromatic nitrogens is 1. The van der Waals surface area contributed by atoms with E-state index in [1.165, 1.54) is 11.6 Å². The number of methoxy groups -OCH3 is 2. The number of halogens is 2. The fraction of sp³-hybridized carbons (Fsp3) is 0.222. The minimum atomic E-state index is -0.239. The van der Waals surface area contributed by atoms with Crippen LogP contribution in [0.3, 0.4) is 0 Å². The zero-order chi connectivity index (χ0) is 22.5. The van der Waals surface area contributed by atoms with Gasteiger partial charge in [0.2, 0.25) is 12.5 Å². The third-order valence-corrected chi connectivity index (χ3v) is 6.51. The molecule has 7 heteroatoms. The summed E-state index contributed by atoms with van der Waals surface area (Å²) in [6.45, 7) is 1.05. The van der Waals surface area contributed by atoms with E-state index >= 15 is 0 Å². The van der Waals surface area contributed by atoms with Crippen molar-refractivity contribution in [1.82, 2.24) is 0 Å². The lowest BCUT2D eigenvalue weighted by Gasteiger charge is -2.21. The summed E-state index contributed by atoms with van der Waals surface area (Å²) in [6, 6.07) is 14.9. The molecule has 5 nitrogen and oxygen atoms in total. The molecule has 0 aliphatic carbocycles. The highest BCUT2D eigenvalue weighted by molar-refractivity contribution is 5.95. The van der Waals surface area contributed by atoms with Crippen LogP contribution in [-0.4, -0.2) is 21.0 Å². The number of aryl methyl sites for hydroxylation is 2. The van der Waals surface area contributed by atoms with Crippen LogP contribution in [0, 0.1) is 5.82 Å². The summed E-state index contributed by atoms with van der Waals surface area (Å²) in [4.78, 5) is 0. The van der Waals surface area contributed by atoms with Crippen LogP contribution in [0.5, 0.6) is 23.0 Å². The third-order valence-electron chi connectivity index (χ3n) is 6.51. The molecule has 4 aromatic rings. The smallest absolute Gasteiger partial charge is 0.231 e. The van der Waals surface area contributed by atoms with Gasteiger partial charge >= 0.3 is 0 Å². The number of pyridine rings is 1. The largest absolute Gasteiger partial charge is 1.00 e. The van der Waals surface area contributed by atoms with E-state index in [0.717, 1.165) is 57.6 Å². The second-order valence-corrected chi connectivity index (χ2v) is 8.33. The molecule has 0 atom stereocenters. The van der Waals surface area contributed by atoms with Crippen molar-refractivity contribution in [3.8, 4) is 34.3 Å². The Labute approximate surface area is 207 Å². The Kier molecular flexibility index (Phi) is 5.81. The topological polar surface area (TPSA) is 40.8 Å². The predicted molar refractivity (Wildman–Crippen MR) is 122 cm³/mol. The number of hydrogen-bond acceptors (Lipinski definition) is 4. The number of ether oxygens (including phenoxy) is 4. The summed E-state index contributed by atoms with van der Waals surface area (Å²) in [5.74, 6) is 2.69. The molecule has 0 N–H and O–H groups in total. The fourth-order valence-electron chi connectivity index (χ4n) is 5.04. The molecule has 2 aliphatic heterocycles. The van der Waals surface area contributed by atoms with Gasteiger partial charge in [-0.25, -0.2) is 4.39 Å². The highest BCUT2D eigenvalue weighted by Crippen LogP contribution is 2.44. The maximum absolute atomic E-state index is 14.1. The molecule has 0 fully saturated rings. The van der Waals surface area contributed by atoms with Crippen LogP contribution in [0.4, 0.5) is 4.39 Å². The van der Waals surface area contributed by atoms with Crippen molar-refractivity contribution >= 4 is 10.8 Å². The summed E-state index contributed by atoms with van der Waals surface area (Å²) in [5, 5.41) is 2.02. The van der Waals surface area contributed by atoms with Gasteiger partial charge in [-0.3, -0.25) is 0 Å². The molecule has 2 aliphatic rings. The molecule has 0 saturated heterocycles. The molecular formula is C27H23BrFNO4. The number of benzene rings is 3. The number of hydrogen-bond donors (Lipinski definition) is 0. The quantitative estimate of drug-likeness (QED) is 0.383. The maximum Gasteiger partial charge on any atom is 0.231 e. The van der Waals surface area contributed by atoms with Crippen molar-refractivity contribution in [1.29, 1.82) is 0 Å². The SMILES string of the molecule is COc1ccc2c(Cc3cccc(F)c3)c3[n+](cc2c1OC)CCc1cc2c(cc1-3)OCO2.[Br-]. The summed E-state index contributed by atoms with van der Waals surface area (Å²) >= 11 is 0. The van der Waals surface area contributed by atoms with Crippen molar-refractivity contribution in [2.75, 3.05) is 21.0 Å². The Morgan fingerprint density at radius 2 is 1.79 bits per heavy atom. The van der Waals surface area contributed by atoms with Crippen molar-refractivity contribution in [2.24, 2.45) is 0 Å². The van der Waals surface area contributed by atoms with Crippen LogP contribution >= 0.6 is 0 Å². The number of rotatable bonds is 4. The van der Waals surface area contributed by atoms with Gasteiger partial charge < -0.3 is 35.9 Å². The fourth-order valence-corrected chi connectivity index (χ4v) is 5.04. The molecule has 0 radical (unpaired) electrons. The Hall–Kier alpha value is -3.32. The summed E-state index contributed by atoms with van der Waals surface area (Å²) in [6.07, 6.45) is 3.59. The first-order valence-electron chi connectivity index (χ1n) is 10.9. The summed E-state index contributed by atoms with van der Waals surface area (Å²) in [5.41, 5.74) is 5.47. The predicted octanol–water partition coefficient (Wildman–Crippen LogP) is 1.83. The monoisotopic (exact) mass is 523 g/mol. The van der Waals surface area contributed by atoms with E-state index in [4.69, 9.17) is 18.9 Å². The highest BCUT2D eigenvalue weighted by atomic mass is 79.9. The van der Waals surface area contributed by atoms with Gasteiger partial charge in [0.1, 0.15) is 5.82 Å². The Morgan fingerprint density at radius 1 is 0.971 bits per heavy atom. The van der Waals surface area contributed by atoms with Crippen LogP contribution in [0.25, 0.3) is 22.0 Å². The minimum absolute atomic E-state index is 0. The molecule has 0 spiro atoms. The third kappa shape index (κ3) is 3.55. The van der Waals surface area contributed by atoms with Gasteiger partial charge in [0.15, 0.2) is 35.7 Å². The van der Waals surface area contributed by atoms with Crippen LogP contribution in [0.2, 0.25) is 0 Å². The second kappa shape index (κ2) is 8.80. The maximum atomic E-state index is 14.1. The second-order valence-electron chi connectivity index (χ2n) is 8.33. The van der Waals surface area contributed by atoms with Gasteiger partial charge in [0.25, 0.3) is 0 Å². The molecule has 3 aromatic carbocycles. The first kappa shape index (κ1) is 22.5. The van der Waals surface area contributed by atoms with Gasteiger partial charge in [0.05, 0.1) is 25.2 Å². The average Bonchev–Trinajstić information content (AvgIpc) is 3.29. The van der Waals surface area contributed by atoms with E-state index in [1.807, 2.05) is 12.1 Å². The molecule has 34 heavy (non-hydrogen) atoms. The molecule has 3 heterocycles. The number of fused-ring (bicyclic) bond motifs is 5. The summed E-state index contributed by atoms with van der Waals surface area (Å²) in [7, 11) is 3.30. The van der Waals surface area contributed by atoms with Gasteiger partial charge in [0, 0.05) is 23.8 Å². The van der Waals surface area contributed by atoms with Crippen molar-refractivity contribution < 1.29 is 44.9 Å². The standard InChI is InChI=1S/C27H23FNO4.BrH/c1-30-23-7-6-19-21(11-16-4-3-5-18(28)10-16)26-20-13-25-24(32-15-33-25)12-17(20)8-9-29(26)14-22(19)27(23)31-2;/h3-7,10,12-14H,8-9,11,15H2,1-2H3;1H/q+1;/p-1. The van der Waals surface area contributed by atoms with E-state index in [1.54, 1.807) is 26.4 Å². The average molecular weight is 524 g/mol. The lowest BCUT2D eigenvalue weighted by Crippen LogP contribution is -3.00. The van der Waals surface area contributed by atoms with E-state index in [9.17, 15) is 4.39 Å². The Bertz CT molecular complexity index is 1420. The van der Waals surface area contributed by atoms with Crippen molar-refractivity contribution in [3.63, 3.8) is 0 Å². The van der Waals surface area contributed by atoms with Crippen LogP contribution < -0.4 is 40.5 Å². The molecule has 0 unspecified atom stereocenters. The van der Waals surface area contributed by atoms with Gasteiger partial charge in [-0.2, -0.15) is 4.57 Å². The van der Waals surface area contributed by atoms with Gasteiger partial charge in [-0.1, -0.05) is 12.1 Å². The van der Waals surface area contributed by atoms with Crippen LogP contribution in [0.15, 0.2) is 54.7 Å². The first-order chi connectivity index (χ1) is 16.2. The highest BCUT2D eigenvalue weighted by Gasteiger charge is 2.32. The first-order valence-corrected chi connectivity index (χ1v) is 10.9. The molecule has 174 valence electrons. The molecule has 0 bridgehead atoms. The van der Waals surface area contributed by atoms with Crippen LogP contribution in [0.1, 0.15) is 16.7 Å². The summed E-state index contributed by atoms with van der Waals surface area (Å²) < 4.78 is 38.9. The normalized spacial score (nSPS) is 13.1. The Balaban J connectivity index is 0.00000241. The lowest BCUT2D eigenvalue weighted by molar-refractivity contribution is -0.686. The van der Waals surface area contributed by atoms with E-state index in [0.29, 0.717) is 17.9 Å². The molecule has 1 aromatic heterocycles. The molecule has 0 amide bonds. The van der Waals surface area contributed by atoms with Crippen LogP contribution in [-0.2, 0) is 19.4 Å². The minimum Gasteiger partial charge on any atom is -1.00 e. The zero-order valence-electron chi connectivity index (χ0n) is 18.9. The lowest BCUT2D eigenvalue weighted by atomic mass is 9.88. The van der Waals surface area contributed by atoms with Crippen molar-refractivity contribution in [2.45, 2.75) is 19.4 Å². The Morgan fingerprint density at radius 3 is 2.56 bits per heavy atom.